The summed E-state index contributed by atoms with van der Waals surface area (Å²) in [6.45, 7) is 0. The third-order valence-corrected chi connectivity index (χ3v) is 2.64. The molecule has 1 aliphatic carbocycles. The van der Waals surface area contributed by atoms with Crippen LogP contribution in [-0.2, 0) is 0 Å². The van der Waals surface area contributed by atoms with Crippen LogP contribution in [0.2, 0.25) is 0 Å². The molecule has 2 aromatic rings. The van der Waals surface area contributed by atoms with Gasteiger partial charge in [-0.2, -0.15) is 5.10 Å². The van der Waals surface area contributed by atoms with E-state index in [1.165, 1.54) is 6.20 Å². The summed E-state index contributed by atoms with van der Waals surface area (Å²) in [6, 6.07) is 3.33. The number of primary amides is 1. The lowest BCUT2D eigenvalue weighted by atomic mass is 10.4. The summed E-state index contributed by atoms with van der Waals surface area (Å²) < 4.78 is 6.34. The van der Waals surface area contributed by atoms with Crippen molar-refractivity contribution in [2.75, 3.05) is 0 Å². The van der Waals surface area contributed by atoms with Gasteiger partial charge >= 0.3 is 6.09 Å². The normalized spacial score (nSPS) is 14.4. The Morgan fingerprint density at radius 1 is 1.44 bits per heavy atom. The molecule has 1 aliphatic rings. The van der Waals surface area contributed by atoms with Gasteiger partial charge in [0.1, 0.15) is 6.33 Å². The number of amides is 1. The van der Waals surface area contributed by atoms with Gasteiger partial charge < -0.3 is 10.5 Å². The monoisotopic (exact) mass is 245 g/mol. The highest BCUT2D eigenvalue weighted by atomic mass is 16.6. The van der Waals surface area contributed by atoms with E-state index in [4.69, 9.17) is 10.5 Å². The molecule has 0 bridgehead atoms. The maximum Gasteiger partial charge on any atom is 0.411 e. The van der Waals surface area contributed by atoms with E-state index in [-0.39, 0.29) is 5.88 Å². The maximum atomic E-state index is 10.6. The molecule has 3 rings (SSSR count). The van der Waals surface area contributed by atoms with Crippen molar-refractivity contribution in [3.63, 3.8) is 0 Å². The van der Waals surface area contributed by atoms with E-state index in [1.807, 2.05) is 0 Å². The molecule has 0 aromatic carbocycles. The minimum atomic E-state index is -0.892. The summed E-state index contributed by atoms with van der Waals surface area (Å²) in [4.78, 5) is 18.8. The van der Waals surface area contributed by atoms with Gasteiger partial charge in [0, 0.05) is 18.2 Å². The molecule has 0 unspecified atom stereocenters. The fraction of sp³-hybridized carbons (Fsp3) is 0.273. The third-order valence-electron chi connectivity index (χ3n) is 2.64. The first-order chi connectivity index (χ1) is 8.72. The highest BCUT2D eigenvalue weighted by Gasteiger charge is 2.27. The molecule has 1 saturated carbocycles. The van der Waals surface area contributed by atoms with Crippen molar-refractivity contribution >= 4 is 6.09 Å². The minimum Gasteiger partial charge on any atom is -0.391 e. The number of ether oxygens (including phenoxy) is 1. The van der Waals surface area contributed by atoms with Crippen molar-refractivity contribution < 1.29 is 9.53 Å². The van der Waals surface area contributed by atoms with Crippen molar-refractivity contribution in [3.8, 4) is 11.6 Å². The van der Waals surface area contributed by atoms with Gasteiger partial charge in [-0.15, -0.1) is 0 Å². The van der Waals surface area contributed by atoms with Crippen molar-refractivity contribution in [1.29, 1.82) is 0 Å². The molecule has 92 valence electrons. The van der Waals surface area contributed by atoms with Crippen LogP contribution < -0.4 is 10.5 Å². The van der Waals surface area contributed by atoms with E-state index < -0.39 is 6.09 Å². The highest BCUT2D eigenvalue weighted by molar-refractivity contribution is 5.67. The average molecular weight is 245 g/mol. The number of hydrogen-bond acceptors (Lipinski definition) is 5. The van der Waals surface area contributed by atoms with Crippen LogP contribution in [-0.4, -0.2) is 25.8 Å². The van der Waals surface area contributed by atoms with E-state index in [1.54, 1.807) is 23.1 Å². The van der Waals surface area contributed by atoms with Gasteiger partial charge in [-0.05, 0) is 18.9 Å². The number of rotatable bonds is 3. The van der Waals surface area contributed by atoms with Gasteiger partial charge in [0.25, 0.3) is 0 Å². The Bertz CT molecular complexity index is 591. The molecular formula is C11H11N5O2. The first kappa shape index (κ1) is 10.7. The number of pyridine rings is 1. The van der Waals surface area contributed by atoms with Gasteiger partial charge in [0.05, 0.1) is 5.69 Å². The van der Waals surface area contributed by atoms with Crippen LogP contribution in [0.5, 0.6) is 5.88 Å². The second kappa shape index (κ2) is 4.10. The second-order valence-electron chi connectivity index (χ2n) is 4.09. The molecule has 0 radical (unpaired) electrons. The van der Waals surface area contributed by atoms with Gasteiger partial charge in [-0.1, -0.05) is 0 Å². The topological polar surface area (TPSA) is 95.9 Å². The summed E-state index contributed by atoms with van der Waals surface area (Å²) in [6.07, 6.45) is 4.56. The fourth-order valence-corrected chi connectivity index (χ4v) is 1.63. The van der Waals surface area contributed by atoms with Crippen molar-refractivity contribution in [3.05, 3.63) is 30.5 Å². The average Bonchev–Trinajstić information content (AvgIpc) is 3.07. The van der Waals surface area contributed by atoms with Crippen LogP contribution >= 0.6 is 0 Å². The van der Waals surface area contributed by atoms with Gasteiger partial charge in [-0.25, -0.2) is 19.4 Å². The number of hydrogen-bond donors (Lipinski definition) is 1. The largest absolute Gasteiger partial charge is 0.411 e. The highest BCUT2D eigenvalue weighted by Crippen LogP contribution is 2.37. The Morgan fingerprint density at radius 2 is 2.28 bits per heavy atom. The number of nitrogens with zero attached hydrogens (tertiary/aromatic N) is 4. The van der Waals surface area contributed by atoms with E-state index in [0.717, 1.165) is 24.4 Å². The molecule has 1 fully saturated rings. The van der Waals surface area contributed by atoms with Gasteiger partial charge in [-0.3, -0.25) is 0 Å². The third kappa shape index (κ3) is 2.15. The van der Waals surface area contributed by atoms with Crippen LogP contribution in [0.15, 0.2) is 24.7 Å². The molecule has 1 amide bonds. The number of carbonyl (C=O) groups excluding carboxylic acids is 1. The lowest BCUT2D eigenvalue weighted by Gasteiger charge is -2.02. The molecule has 2 aromatic heterocycles. The smallest absolute Gasteiger partial charge is 0.391 e. The van der Waals surface area contributed by atoms with Crippen LogP contribution in [0.4, 0.5) is 4.79 Å². The Morgan fingerprint density at radius 3 is 3.00 bits per heavy atom. The van der Waals surface area contributed by atoms with Gasteiger partial charge in [0.15, 0.2) is 5.82 Å². The first-order valence-corrected chi connectivity index (χ1v) is 5.57. The maximum absolute atomic E-state index is 10.6. The molecule has 7 heteroatoms. The standard InChI is InChI=1S/C11H11N5O2/c12-11(17)18-9-5-8(3-4-13-9)16-6-14-10(15-16)7-1-2-7/h3-7H,1-2H2,(H2,12,17). The summed E-state index contributed by atoms with van der Waals surface area (Å²) in [5, 5.41) is 4.37. The van der Waals surface area contributed by atoms with E-state index in [9.17, 15) is 4.79 Å². The van der Waals surface area contributed by atoms with Crippen molar-refractivity contribution in [2.24, 2.45) is 5.73 Å². The molecule has 7 nitrogen and oxygen atoms in total. The molecule has 2 heterocycles. The molecule has 2 N–H and O–H groups in total. The predicted octanol–water partition coefficient (Wildman–Crippen LogP) is 0.997. The quantitative estimate of drug-likeness (QED) is 0.870. The Hall–Kier alpha value is -2.44. The molecule has 0 saturated heterocycles. The molecule has 0 spiro atoms. The van der Waals surface area contributed by atoms with Crippen molar-refractivity contribution in [2.45, 2.75) is 18.8 Å². The number of nitrogens with two attached hydrogens (primary N) is 1. The Labute approximate surface area is 103 Å². The molecule has 18 heavy (non-hydrogen) atoms. The number of carbonyl (C=O) groups is 1. The Kier molecular flexibility index (Phi) is 2.44. The van der Waals surface area contributed by atoms with E-state index in [0.29, 0.717) is 5.92 Å². The van der Waals surface area contributed by atoms with E-state index >= 15 is 0 Å². The van der Waals surface area contributed by atoms with Crippen LogP contribution in [0, 0.1) is 0 Å². The van der Waals surface area contributed by atoms with E-state index in [2.05, 4.69) is 15.1 Å². The lowest BCUT2D eigenvalue weighted by molar-refractivity contribution is 0.209. The summed E-state index contributed by atoms with van der Waals surface area (Å²) in [7, 11) is 0. The predicted molar refractivity (Wildman–Crippen MR) is 61.3 cm³/mol. The molecule has 0 atom stereocenters. The minimum absolute atomic E-state index is 0.142. The number of aromatic nitrogens is 4. The summed E-state index contributed by atoms with van der Waals surface area (Å²) in [5.41, 5.74) is 5.65. The summed E-state index contributed by atoms with van der Waals surface area (Å²) in [5.74, 6) is 1.49. The first-order valence-electron chi connectivity index (χ1n) is 5.57. The van der Waals surface area contributed by atoms with Crippen LogP contribution in [0.3, 0.4) is 0 Å². The lowest BCUT2D eigenvalue weighted by Crippen LogP contribution is -2.17. The molecule has 0 aliphatic heterocycles. The SMILES string of the molecule is NC(=O)Oc1cc(-n2cnc(C3CC3)n2)ccn1. The summed E-state index contributed by atoms with van der Waals surface area (Å²) >= 11 is 0. The van der Waals surface area contributed by atoms with Crippen LogP contribution in [0.1, 0.15) is 24.6 Å². The van der Waals surface area contributed by atoms with Crippen molar-refractivity contribution in [1.82, 2.24) is 19.7 Å². The fourth-order valence-electron chi connectivity index (χ4n) is 1.63. The zero-order chi connectivity index (χ0) is 12.5. The van der Waals surface area contributed by atoms with Gasteiger partial charge in [0.2, 0.25) is 5.88 Å². The zero-order valence-corrected chi connectivity index (χ0v) is 9.48. The van der Waals surface area contributed by atoms with Crippen LogP contribution in [0.25, 0.3) is 5.69 Å². The zero-order valence-electron chi connectivity index (χ0n) is 9.48. The second-order valence-corrected chi connectivity index (χ2v) is 4.09. The Balaban J connectivity index is 1.87. The molecular weight excluding hydrogens is 234 g/mol.